The summed E-state index contributed by atoms with van der Waals surface area (Å²) in [6.45, 7) is 5.74. The average Bonchev–Trinajstić information content (AvgIpc) is 2.83. The number of nitrogens with zero attached hydrogens (tertiary/aromatic N) is 1. The second-order valence-corrected chi connectivity index (χ2v) is 7.60. The Morgan fingerprint density at radius 3 is 3.00 bits per heavy atom. The summed E-state index contributed by atoms with van der Waals surface area (Å²) < 4.78 is 6.59. The lowest BCUT2D eigenvalue weighted by molar-refractivity contribution is -0.0142. The fourth-order valence-corrected chi connectivity index (χ4v) is 5.65. The van der Waals surface area contributed by atoms with Gasteiger partial charge in [-0.1, -0.05) is 31.2 Å². The molecule has 1 aromatic rings. The fraction of sp³-hybridized carbons (Fsp3) is 0.579. The number of aryl methyl sites for hydroxylation is 1. The molecular formula is C19H23NO. The van der Waals surface area contributed by atoms with Gasteiger partial charge in [0, 0.05) is 28.9 Å². The van der Waals surface area contributed by atoms with E-state index in [4.69, 9.17) is 4.74 Å². The molecule has 21 heavy (non-hydrogen) atoms. The molecule has 1 saturated heterocycles. The monoisotopic (exact) mass is 281 g/mol. The highest BCUT2D eigenvalue weighted by Crippen LogP contribution is 2.61. The van der Waals surface area contributed by atoms with Crippen molar-refractivity contribution < 1.29 is 4.74 Å². The van der Waals surface area contributed by atoms with Crippen molar-refractivity contribution in [3.8, 4) is 5.75 Å². The maximum absolute atomic E-state index is 6.59. The van der Waals surface area contributed by atoms with Gasteiger partial charge in [-0.2, -0.15) is 0 Å². The highest BCUT2D eigenvalue weighted by Gasteiger charge is 2.63. The van der Waals surface area contributed by atoms with E-state index in [-0.39, 0.29) is 5.41 Å². The molecule has 1 aromatic carbocycles. The molecule has 2 aliphatic heterocycles. The predicted octanol–water partition coefficient (Wildman–Crippen LogP) is 3.08. The van der Waals surface area contributed by atoms with Crippen LogP contribution in [0.2, 0.25) is 0 Å². The molecule has 0 radical (unpaired) electrons. The minimum absolute atomic E-state index is 0.250. The normalized spacial score (nSPS) is 42.6. The Kier molecular flexibility index (Phi) is 2.18. The van der Waals surface area contributed by atoms with Gasteiger partial charge in [-0.25, -0.2) is 0 Å². The van der Waals surface area contributed by atoms with Gasteiger partial charge in [0.05, 0.1) is 0 Å². The highest BCUT2D eigenvalue weighted by molar-refractivity contribution is 5.59. The Balaban J connectivity index is 1.84. The molecule has 2 heterocycles. The van der Waals surface area contributed by atoms with E-state index in [1.165, 1.54) is 30.7 Å². The van der Waals surface area contributed by atoms with Crippen molar-refractivity contribution >= 4 is 0 Å². The van der Waals surface area contributed by atoms with Crippen LogP contribution in [0.3, 0.4) is 0 Å². The maximum atomic E-state index is 6.59. The highest BCUT2D eigenvalue weighted by atomic mass is 16.5. The Morgan fingerprint density at radius 2 is 2.14 bits per heavy atom. The summed E-state index contributed by atoms with van der Waals surface area (Å²) in [4.78, 5) is 2.58. The summed E-state index contributed by atoms with van der Waals surface area (Å²) >= 11 is 0. The van der Waals surface area contributed by atoms with E-state index < -0.39 is 0 Å². The molecule has 2 nitrogen and oxygen atoms in total. The first kappa shape index (κ1) is 12.3. The quantitative estimate of drug-likeness (QED) is 0.678. The molecule has 1 spiro atoms. The zero-order chi connectivity index (χ0) is 14.4. The number of benzene rings is 1. The molecule has 0 saturated carbocycles. The van der Waals surface area contributed by atoms with E-state index in [1.807, 2.05) is 0 Å². The van der Waals surface area contributed by atoms with Gasteiger partial charge in [-0.3, -0.25) is 0 Å². The summed E-state index contributed by atoms with van der Waals surface area (Å²) in [5, 5.41) is 0. The number of piperidine rings is 1. The predicted molar refractivity (Wildman–Crippen MR) is 83.8 cm³/mol. The molecule has 110 valence electrons. The first-order valence-electron chi connectivity index (χ1n) is 8.31. The third kappa shape index (κ3) is 1.25. The molecule has 2 bridgehead atoms. The van der Waals surface area contributed by atoms with Crippen LogP contribution >= 0.6 is 0 Å². The van der Waals surface area contributed by atoms with E-state index in [0.29, 0.717) is 24.0 Å². The van der Waals surface area contributed by atoms with E-state index in [2.05, 4.69) is 50.1 Å². The maximum Gasteiger partial charge on any atom is 0.126 e. The van der Waals surface area contributed by atoms with Gasteiger partial charge in [-0.15, -0.1) is 0 Å². The average molecular weight is 281 g/mol. The SMILES string of the molecule is Cc1ccc2c3c1O[C@H]1[C@@H](C)C=C[C@H]4[C@@H](C2)N(C)CC[C@@]341. The van der Waals surface area contributed by atoms with E-state index in [0.717, 1.165) is 0 Å². The Bertz CT molecular complexity index is 664. The van der Waals surface area contributed by atoms with Crippen LogP contribution in [-0.4, -0.2) is 30.6 Å². The first-order valence-corrected chi connectivity index (χ1v) is 8.31. The minimum atomic E-state index is 0.250. The number of hydrogen-bond donors (Lipinski definition) is 0. The molecule has 0 amide bonds. The van der Waals surface area contributed by atoms with Gasteiger partial charge in [0.25, 0.3) is 0 Å². The molecule has 5 atom stereocenters. The minimum Gasteiger partial charge on any atom is -0.488 e. The molecule has 2 heteroatoms. The van der Waals surface area contributed by atoms with Crippen molar-refractivity contribution in [1.82, 2.24) is 4.90 Å². The zero-order valence-corrected chi connectivity index (χ0v) is 13.1. The van der Waals surface area contributed by atoms with E-state index in [9.17, 15) is 0 Å². The molecule has 5 rings (SSSR count). The van der Waals surface area contributed by atoms with Gasteiger partial charge in [0.15, 0.2) is 0 Å². The van der Waals surface area contributed by atoms with Crippen molar-refractivity contribution in [3.05, 3.63) is 41.0 Å². The molecule has 1 fully saturated rings. The van der Waals surface area contributed by atoms with Crippen LogP contribution in [0.4, 0.5) is 0 Å². The topological polar surface area (TPSA) is 12.5 Å². The fourth-order valence-electron chi connectivity index (χ4n) is 5.65. The van der Waals surface area contributed by atoms with Gasteiger partial charge in [0.2, 0.25) is 0 Å². The number of likely N-dealkylation sites (tertiary alicyclic amines) is 1. The van der Waals surface area contributed by atoms with Crippen molar-refractivity contribution in [2.45, 2.75) is 44.2 Å². The van der Waals surface area contributed by atoms with E-state index in [1.54, 1.807) is 11.1 Å². The van der Waals surface area contributed by atoms with Crippen LogP contribution in [0, 0.1) is 18.8 Å². The second-order valence-electron chi connectivity index (χ2n) is 7.60. The van der Waals surface area contributed by atoms with Crippen molar-refractivity contribution in [3.63, 3.8) is 0 Å². The lowest BCUT2D eigenvalue weighted by atomic mass is 9.52. The van der Waals surface area contributed by atoms with Crippen LogP contribution in [0.5, 0.6) is 5.75 Å². The second kappa shape index (κ2) is 3.73. The summed E-state index contributed by atoms with van der Waals surface area (Å²) in [5.41, 5.74) is 4.70. The summed E-state index contributed by atoms with van der Waals surface area (Å²) in [6.07, 6.45) is 7.70. The summed E-state index contributed by atoms with van der Waals surface area (Å²) in [6, 6.07) is 5.28. The molecule has 4 aliphatic rings. The van der Waals surface area contributed by atoms with Gasteiger partial charge in [-0.05, 0) is 44.5 Å². The summed E-state index contributed by atoms with van der Waals surface area (Å²) in [5.74, 6) is 2.37. The standard InChI is InChI=1S/C19H23NO/c1-11-4-6-13-10-15-14-7-5-12(2)18-19(14,8-9-20(15)3)16(13)17(11)21-18/h4-7,12,14-15,18H,8-10H2,1-3H3/t12-,14-,15+,18-,19-/m0/s1. The van der Waals surface area contributed by atoms with Gasteiger partial charge < -0.3 is 9.64 Å². The van der Waals surface area contributed by atoms with Crippen molar-refractivity contribution in [2.75, 3.05) is 13.6 Å². The van der Waals surface area contributed by atoms with Gasteiger partial charge >= 0.3 is 0 Å². The third-order valence-corrected chi connectivity index (χ3v) is 6.64. The summed E-state index contributed by atoms with van der Waals surface area (Å²) in [7, 11) is 2.30. The first-order chi connectivity index (χ1) is 10.1. The van der Waals surface area contributed by atoms with Crippen molar-refractivity contribution in [2.24, 2.45) is 11.8 Å². The molecule has 0 aromatic heterocycles. The Hall–Kier alpha value is -1.28. The Morgan fingerprint density at radius 1 is 1.29 bits per heavy atom. The molecular weight excluding hydrogens is 258 g/mol. The number of rotatable bonds is 0. The zero-order valence-electron chi connectivity index (χ0n) is 13.1. The van der Waals surface area contributed by atoms with Gasteiger partial charge in [0.1, 0.15) is 11.9 Å². The lowest BCUT2D eigenvalue weighted by Crippen LogP contribution is -2.63. The number of likely N-dealkylation sites (N-methyl/N-ethyl adjacent to an activating group) is 1. The van der Waals surface area contributed by atoms with Crippen LogP contribution in [-0.2, 0) is 11.8 Å². The number of ether oxygens (including phenoxy) is 1. The smallest absolute Gasteiger partial charge is 0.126 e. The molecule has 2 aliphatic carbocycles. The Labute approximate surface area is 126 Å². The molecule has 0 unspecified atom stereocenters. The number of hydrogen-bond acceptors (Lipinski definition) is 2. The third-order valence-electron chi connectivity index (χ3n) is 6.64. The van der Waals surface area contributed by atoms with Crippen LogP contribution < -0.4 is 4.74 Å². The van der Waals surface area contributed by atoms with Crippen molar-refractivity contribution in [1.29, 1.82) is 0 Å². The largest absolute Gasteiger partial charge is 0.488 e. The van der Waals surface area contributed by atoms with Crippen LogP contribution in [0.15, 0.2) is 24.3 Å². The molecule has 0 N–H and O–H groups in total. The van der Waals surface area contributed by atoms with E-state index >= 15 is 0 Å². The van der Waals surface area contributed by atoms with Crippen LogP contribution in [0.25, 0.3) is 0 Å². The van der Waals surface area contributed by atoms with Crippen LogP contribution in [0.1, 0.15) is 30.0 Å². The lowest BCUT2D eigenvalue weighted by Gasteiger charge is -2.56.